The third kappa shape index (κ3) is 2.42. The van der Waals surface area contributed by atoms with Crippen molar-refractivity contribution in [3.8, 4) is 0 Å². The maximum atomic E-state index is 12.0. The summed E-state index contributed by atoms with van der Waals surface area (Å²) in [4.78, 5) is 15.9. The lowest BCUT2D eigenvalue weighted by atomic mass is 9.85. The van der Waals surface area contributed by atoms with Gasteiger partial charge in [0.1, 0.15) is 0 Å². The first kappa shape index (κ1) is 12.4. The average Bonchev–Trinajstić information content (AvgIpc) is 3.00. The highest BCUT2D eigenvalue weighted by Crippen LogP contribution is 2.48. The van der Waals surface area contributed by atoms with E-state index in [0.717, 1.165) is 6.42 Å². The number of urea groups is 1. The molecule has 0 saturated heterocycles. The molecule has 3 N–H and O–H groups in total. The first-order valence-corrected chi connectivity index (χ1v) is 6.86. The first-order chi connectivity index (χ1) is 9.28. The van der Waals surface area contributed by atoms with Crippen LogP contribution in [0.3, 0.4) is 0 Å². The van der Waals surface area contributed by atoms with Crippen LogP contribution in [0.25, 0.3) is 0 Å². The molecule has 5 nitrogen and oxygen atoms in total. The van der Waals surface area contributed by atoms with Crippen LogP contribution in [0, 0.1) is 17.8 Å². The summed E-state index contributed by atoms with van der Waals surface area (Å²) in [5, 5.41) is 15.3. The number of aliphatic hydroxyl groups is 1. The number of carbonyl (C=O) groups is 1. The molecule has 0 aromatic carbocycles. The van der Waals surface area contributed by atoms with Crippen molar-refractivity contribution in [3.63, 3.8) is 0 Å². The molecule has 4 atom stereocenters. The quantitative estimate of drug-likeness (QED) is 0.774. The molecule has 1 aromatic rings. The molecule has 2 bridgehead atoms. The molecule has 3 rings (SSSR count). The summed E-state index contributed by atoms with van der Waals surface area (Å²) in [5.74, 6) is 1.33. The molecule has 2 aliphatic rings. The van der Waals surface area contributed by atoms with Gasteiger partial charge in [0.2, 0.25) is 0 Å². The van der Waals surface area contributed by atoms with Crippen molar-refractivity contribution in [1.29, 1.82) is 0 Å². The molecule has 0 spiro atoms. The maximum Gasteiger partial charge on any atom is 0.319 e. The molecule has 19 heavy (non-hydrogen) atoms. The summed E-state index contributed by atoms with van der Waals surface area (Å²) in [5.41, 5.74) is 0.684. The summed E-state index contributed by atoms with van der Waals surface area (Å²) < 4.78 is 0. The average molecular weight is 261 g/mol. The van der Waals surface area contributed by atoms with Crippen LogP contribution in [0.4, 0.5) is 10.5 Å². The van der Waals surface area contributed by atoms with Crippen LogP contribution < -0.4 is 10.6 Å². The fourth-order valence-electron chi connectivity index (χ4n) is 3.65. The minimum Gasteiger partial charge on any atom is -0.396 e. The molecule has 5 heteroatoms. The number of hydrogen-bond acceptors (Lipinski definition) is 3. The molecule has 2 aliphatic carbocycles. The summed E-state index contributed by atoms with van der Waals surface area (Å²) in [6, 6.07) is 3.49. The van der Waals surface area contributed by atoms with E-state index in [1.54, 1.807) is 24.5 Å². The number of rotatable bonds is 3. The molecule has 102 valence electrons. The Morgan fingerprint density at radius 3 is 3.00 bits per heavy atom. The Morgan fingerprint density at radius 1 is 1.42 bits per heavy atom. The van der Waals surface area contributed by atoms with Gasteiger partial charge in [-0.1, -0.05) is 0 Å². The number of hydrogen-bond donors (Lipinski definition) is 3. The number of aromatic nitrogens is 1. The van der Waals surface area contributed by atoms with Gasteiger partial charge in [-0.05, 0) is 43.2 Å². The van der Waals surface area contributed by atoms with Crippen molar-refractivity contribution < 1.29 is 9.90 Å². The zero-order chi connectivity index (χ0) is 13.2. The number of carbonyl (C=O) groups excluding carboxylic acids is 1. The van der Waals surface area contributed by atoms with Crippen molar-refractivity contribution in [2.24, 2.45) is 17.8 Å². The number of aliphatic hydroxyl groups excluding tert-OH is 1. The number of nitrogens with one attached hydrogen (secondary N) is 2. The van der Waals surface area contributed by atoms with Crippen LogP contribution in [0.15, 0.2) is 24.5 Å². The second kappa shape index (κ2) is 5.17. The van der Waals surface area contributed by atoms with Crippen molar-refractivity contribution in [2.45, 2.75) is 25.3 Å². The maximum absolute atomic E-state index is 12.0. The fourth-order valence-corrected chi connectivity index (χ4v) is 3.65. The standard InChI is InChI=1S/C14H19N3O2/c18-8-12-9-3-4-10(6-9)13(12)17-14(19)16-11-2-1-5-15-7-11/h1-2,5,7,9-10,12-13,18H,3-4,6,8H2,(H2,16,17,19). The van der Waals surface area contributed by atoms with Crippen molar-refractivity contribution >= 4 is 11.7 Å². The normalized spacial score (nSPS) is 32.3. The fraction of sp³-hybridized carbons (Fsp3) is 0.571. The Hall–Kier alpha value is -1.62. The van der Waals surface area contributed by atoms with E-state index in [2.05, 4.69) is 15.6 Å². The zero-order valence-corrected chi connectivity index (χ0v) is 10.7. The number of pyridine rings is 1. The molecule has 1 aromatic heterocycles. The molecule has 1 heterocycles. The van der Waals surface area contributed by atoms with Gasteiger partial charge in [-0.2, -0.15) is 0 Å². The predicted octanol–water partition coefficient (Wildman–Crippen LogP) is 1.61. The van der Waals surface area contributed by atoms with E-state index in [4.69, 9.17) is 0 Å². The molecule has 2 amide bonds. The Labute approximate surface area is 112 Å². The van der Waals surface area contributed by atoms with E-state index in [1.165, 1.54) is 12.8 Å². The van der Waals surface area contributed by atoms with E-state index in [9.17, 15) is 9.90 Å². The minimum absolute atomic E-state index is 0.112. The molecular weight excluding hydrogens is 242 g/mol. The molecular formula is C14H19N3O2. The Kier molecular flexibility index (Phi) is 3.38. The Balaban J connectivity index is 1.60. The summed E-state index contributed by atoms with van der Waals surface area (Å²) in [6.07, 6.45) is 6.78. The Bertz CT molecular complexity index is 451. The van der Waals surface area contributed by atoms with Gasteiger partial charge < -0.3 is 15.7 Å². The van der Waals surface area contributed by atoms with Gasteiger partial charge in [-0.25, -0.2) is 4.79 Å². The van der Waals surface area contributed by atoms with Crippen LogP contribution in [-0.4, -0.2) is 28.8 Å². The second-order valence-electron chi connectivity index (χ2n) is 5.55. The van der Waals surface area contributed by atoms with Crippen LogP contribution in [-0.2, 0) is 0 Å². The van der Waals surface area contributed by atoms with Gasteiger partial charge in [-0.15, -0.1) is 0 Å². The number of anilines is 1. The van der Waals surface area contributed by atoms with Crippen LogP contribution in [0.2, 0.25) is 0 Å². The van der Waals surface area contributed by atoms with Gasteiger partial charge in [-0.3, -0.25) is 4.98 Å². The van der Waals surface area contributed by atoms with E-state index in [-0.39, 0.29) is 24.6 Å². The van der Waals surface area contributed by atoms with Gasteiger partial charge in [0.25, 0.3) is 0 Å². The van der Waals surface area contributed by atoms with E-state index >= 15 is 0 Å². The SMILES string of the molecule is O=C(Nc1cccnc1)NC1C2CCC(C2)C1CO. The van der Waals surface area contributed by atoms with Crippen molar-refractivity contribution in [2.75, 3.05) is 11.9 Å². The smallest absolute Gasteiger partial charge is 0.319 e. The highest BCUT2D eigenvalue weighted by Gasteiger charge is 2.47. The van der Waals surface area contributed by atoms with E-state index in [1.807, 2.05) is 0 Å². The van der Waals surface area contributed by atoms with Crippen molar-refractivity contribution in [3.05, 3.63) is 24.5 Å². The summed E-state index contributed by atoms with van der Waals surface area (Å²) in [7, 11) is 0. The Morgan fingerprint density at radius 2 is 2.26 bits per heavy atom. The van der Waals surface area contributed by atoms with Gasteiger partial charge in [0.05, 0.1) is 11.9 Å². The third-order valence-electron chi connectivity index (χ3n) is 4.52. The van der Waals surface area contributed by atoms with Gasteiger partial charge in [0.15, 0.2) is 0 Å². The van der Waals surface area contributed by atoms with Gasteiger partial charge >= 0.3 is 6.03 Å². The predicted molar refractivity (Wildman–Crippen MR) is 71.6 cm³/mol. The summed E-state index contributed by atoms with van der Waals surface area (Å²) in [6.45, 7) is 0.166. The topological polar surface area (TPSA) is 74.2 Å². The minimum atomic E-state index is -0.205. The lowest BCUT2D eigenvalue weighted by Gasteiger charge is -2.30. The second-order valence-corrected chi connectivity index (χ2v) is 5.55. The first-order valence-electron chi connectivity index (χ1n) is 6.86. The highest BCUT2D eigenvalue weighted by molar-refractivity contribution is 5.89. The monoisotopic (exact) mass is 261 g/mol. The van der Waals surface area contributed by atoms with Crippen molar-refractivity contribution in [1.82, 2.24) is 10.3 Å². The molecule has 2 saturated carbocycles. The van der Waals surface area contributed by atoms with E-state index in [0.29, 0.717) is 17.5 Å². The molecule has 4 unspecified atom stereocenters. The number of nitrogens with zero attached hydrogens (tertiary/aromatic N) is 1. The number of amides is 2. The molecule has 0 aliphatic heterocycles. The van der Waals surface area contributed by atoms with E-state index < -0.39 is 0 Å². The lowest BCUT2D eigenvalue weighted by molar-refractivity contribution is 0.146. The zero-order valence-electron chi connectivity index (χ0n) is 10.7. The largest absolute Gasteiger partial charge is 0.396 e. The lowest BCUT2D eigenvalue weighted by Crippen LogP contribution is -2.46. The highest BCUT2D eigenvalue weighted by atomic mass is 16.3. The number of fused-ring (bicyclic) bond motifs is 2. The van der Waals surface area contributed by atoms with Crippen LogP contribution in [0.5, 0.6) is 0 Å². The summed E-state index contributed by atoms with van der Waals surface area (Å²) >= 11 is 0. The third-order valence-corrected chi connectivity index (χ3v) is 4.52. The molecule has 0 radical (unpaired) electrons. The van der Waals surface area contributed by atoms with Crippen LogP contribution >= 0.6 is 0 Å². The molecule has 2 fully saturated rings. The van der Waals surface area contributed by atoms with Crippen LogP contribution in [0.1, 0.15) is 19.3 Å². The van der Waals surface area contributed by atoms with Gasteiger partial charge in [0, 0.05) is 24.8 Å².